The first-order valence-electron chi connectivity index (χ1n) is 4.09. The van der Waals surface area contributed by atoms with Crippen molar-refractivity contribution in [2.45, 2.75) is 6.92 Å². The van der Waals surface area contributed by atoms with Crippen LogP contribution in [-0.4, -0.2) is 24.0 Å². The minimum atomic E-state index is -0.927. The number of hydrogen-bond acceptors (Lipinski definition) is 4. The lowest BCUT2D eigenvalue weighted by Gasteiger charge is -2.05. The van der Waals surface area contributed by atoms with Gasteiger partial charge in [0, 0.05) is 6.07 Å². The largest absolute Gasteiger partial charge is 0.507 e. The van der Waals surface area contributed by atoms with Gasteiger partial charge < -0.3 is 9.84 Å². The molecule has 5 heteroatoms. The van der Waals surface area contributed by atoms with Crippen molar-refractivity contribution in [1.29, 1.82) is 0 Å². The fourth-order valence-corrected chi connectivity index (χ4v) is 1.11. The predicted molar refractivity (Wildman–Crippen MR) is 49.4 cm³/mol. The number of halogens is 1. The van der Waals surface area contributed by atoms with Crippen LogP contribution in [0.1, 0.15) is 27.6 Å². The van der Waals surface area contributed by atoms with Gasteiger partial charge in [0.05, 0.1) is 18.2 Å². The molecule has 0 aromatic heterocycles. The summed E-state index contributed by atoms with van der Waals surface area (Å²) in [6.45, 7) is 1.20. The SMILES string of the molecule is COC(=O)c1cc(C(C)=O)c(O)cc1F. The third kappa shape index (κ3) is 2.12. The van der Waals surface area contributed by atoms with E-state index in [1.165, 1.54) is 6.92 Å². The van der Waals surface area contributed by atoms with Crippen molar-refractivity contribution in [2.75, 3.05) is 7.11 Å². The van der Waals surface area contributed by atoms with Crippen molar-refractivity contribution < 1.29 is 23.8 Å². The van der Waals surface area contributed by atoms with Crippen LogP contribution in [0.3, 0.4) is 0 Å². The van der Waals surface area contributed by atoms with E-state index in [0.29, 0.717) is 6.07 Å². The summed E-state index contributed by atoms with van der Waals surface area (Å²) < 4.78 is 17.5. The molecule has 0 atom stereocenters. The topological polar surface area (TPSA) is 63.6 Å². The van der Waals surface area contributed by atoms with Crippen molar-refractivity contribution in [3.8, 4) is 5.75 Å². The summed E-state index contributed by atoms with van der Waals surface area (Å²) in [6.07, 6.45) is 0. The summed E-state index contributed by atoms with van der Waals surface area (Å²) >= 11 is 0. The summed E-state index contributed by atoms with van der Waals surface area (Å²) in [5, 5.41) is 9.23. The molecule has 0 saturated carbocycles. The monoisotopic (exact) mass is 212 g/mol. The van der Waals surface area contributed by atoms with Gasteiger partial charge in [-0.15, -0.1) is 0 Å². The zero-order valence-electron chi connectivity index (χ0n) is 8.20. The number of esters is 1. The number of carbonyl (C=O) groups excluding carboxylic acids is 2. The number of rotatable bonds is 2. The van der Waals surface area contributed by atoms with Gasteiger partial charge >= 0.3 is 5.97 Å². The Kier molecular flexibility index (Phi) is 3.04. The van der Waals surface area contributed by atoms with Crippen LogP contribution in [-0.2, 0) is 4.74 Å². The zero-order chi connectivity index (χ0) is 11.6. The van der Waals surface area contributed by atoms with Crippen molar-refractivity contribution in [3.05, 3.63) is 29.1 Å². The Hall–Kier alpha value is -1.91. The quantitative estimate of drug-likeness (QED) is 0.596. The number of ether oxygens (including phenoxy) is 1. The van der Waals surface area contributed by atoms with Crippen molar-refractivity contribution >= 4 is 11.8 Å². The number of carbonyl (C=O) groups is 2. The first-order chi connectivity index (χ1) is 6.97. The number of methoxy groups -OCH3 is 1. The highest BCUT2D eigenvalue weighted by molar-refractivity contribution is 6.00. The van der Waals surface area contributed by atoms with Crippen LogP contribution in [0.2, 0.25) is 0 Å². The van der Waals surface area contributed by atoms with Crippen LogP contribution in [0.5, 0.6) is 5.75 Å². The van der Waals surface area contributed by atoms with Crippen molar-refractivity contribution in [3.63, 3.8) is 0 Å². The normalized spacial score (nSPS) is 9.80. The minimum absolute atomic E-state index is 0.114. The molecule has 0 spiro atoms. The van der Waals surface area contributed by atoms with Crippen LogP contribution >= 0.6 is 0 Å². The number of phenolic OH excluding ortho intramolecular Hbond substituents is 1. The van der Waals surface area contributed by atoms with Gasteiger partial charge in [-0.05, 0) is 13.0 Å². The standard InChI is InChI=1S/C10H9FO4/c1-5(12)6-3-7(10(14)15-2)8(11)4-9(6)13/h3-4,13H,1-2H3. The highest BCUT2D eigenvalue weighted by Crippen LogP contribution is 2.22. The van der Waals surface area contributed by atoms with Gasteiger partial charge in [-0.2, -0.15) is 0 Å². The van der Waals surface area contributed by atoms with Gasteiger partial charge in [-0.3, -0.25) is 4.79 Å². The molecule has 0 fully saturated rings. The Balaban J connectivity index is 3.36. The minimum Gasteiger partial charge on any atom is -0.507 e. The van der Waals surface area contributed by atoms with Gasteiger partial charge in [-0.1, -0.05) is 0 Å². The second-order valence-electron chi connectivity index (χ2n) is 2.90. The zero-order valence-corrected chi connectivity index (χ0v) is 8.20. The Morgan fingerprint density at radius 1 is 1.33 bits per heavy atom. The molecule has 4 nitrogen and oxygen atoms in total. The predicted octanol–water partition coefficient (Wildman–Crippen LogP) is 1.52. The molecule has 1 aromatic rings. The molecule has 1 N–H and O–H groups in total. The Morgan fingerprint density at radius 3 is 2.40 bits per heavy atom. The molecule has 0 aliphatic rings. The Bertz CT molecular complexity index is 426. The highest BCUT2D eigenvalue weighted by atomic mass is 19.1. The second kappa shape index (κ2) is 4.08. The van der Waals surface area contributed by atoms with E-state index in [4.69, 9.17) is 0 Å². The van der Waals surface area contributed by atoms with Gasteiger partial charge in [-0.25, -0.2) is 9.18 Å². The maximum Gasteiger partial charge on any atom is 0.340 e. The third-order valence-electron chi connectivity index (χ3n) is 1.87. The van der Waals surface area contributed by atoms with E-state index in [1.807, 2.05) is 0 Å². The van der Waals surface area contributed by atoms with Crippen molar-refractivity contribution in [2.24, 2.45) is 0 Å². The second-order valence-corrected chi connectivity index (χ2v) is 2.90. The lowest BCUT2D eigenvalue weighted by Crippen LogP contribution is -2.06. The van der Waals surface area contributed by atoms with Crippen LogP contribution in [0, 0.1) is 5.82 Å². The molecule has 0 amide bonds. The van der Waals surface area contributed by atoms with E-state index >= 15 is 0 Å². The first kappa shape index (κ1) is 11.2. The molecule has 15 heavy (non-hydrogen) atoms. The first-order valence-corrected chi connectivity index (χ1v) is 4.09. The maximum atomic E-state index is 13.2. The number of benzene rings is 1. The summed E-state index contributed by atoms with van der Waals surface area (Å²) in [5.74, 6) is -2.77. The van der Waals surface area contributed by atoms with E-state index in [2.05, 4.69) is 4.74 Å². The number of hydrogen-bond donors (Lipinski definition) is 1. The molecular weight excluding hydrogens is 203 g/mol. The third-order valence-corrected chi connectivity index (χ3v) is 1.87. The lowest BCUT2D eigenvalue weighted by molar-refractivity contribution is 0.0595. The molecule has 1 rings (SSSR count). The number of Topliss-reactive ketones (excluding diaryl/α,β-unsaturated/α-hetero) is 1. The molecule has 0 heterocycles. The Labute approximate surface area is 85.3 Å². The maximum absolute atomic E-state index is 13.2. The lowest BCUT2D eigenvalue weighted by atomic mass is 10.1. The fraction of sp³-hybridized carbons (Fsp3) is 0.200. The van der Waals surface area contributed by atoms with E-state index in [1.54, 1.807) is 0 Å². The van der Waals surface area contributed by atoms with E-state index in [-0.39, 0.29) is 11.1 Å². The van der Waals surface area contributed by atoms with Crippen molar-refractivity contribution in [1.82, 2.24) is 0 Å². The molecule has 0 bridgehead atoms. The van der Waals surface area contributed by atoms with Crippen LogP contribution < -0.4 is 0 Å². The molecule has 0 saturated heterocycles. The molecule has 0 unspecified atom stereocenters. The number of aromatic hydroxyl groups is 1. The summed E-state index contributed by atoms with van der Waals surface area (Å²) in [6, 6.07) is 1.68. The molecule has 80 valence electrons. The van der Waals surface area contributed by atoms with Gasteiger partial charge in [0.2, 0.25) is 0 Å². The average molecular weight is 212 g/mol. The smallest absolute Gasteiger partial charge is 0.340 e. The summed E-state index contributed by atoms with van der Waals surface area (Å²) in [5.41, 5.74) is -0.489. The van der Waals surface area contributed by atoms with Gasteiger partial charge in [0.25, 0.3) is 0 Å². The number of phenols is 1. The number of ketones is 1. The van der Waals surface area contributed by atoms with E-state index < -0.39 is 23.3 Å². The summed E-state index contributed by atoms with van der Waals surface area (Å²) in [7, 11) is 1.10. The van der Waals surface area contributed by atoms with Gasteiger partial charge in [0.15, 0.2) is 5.78 Å². The van der Waals surface area contributed by atoms with Gasteiger partial charge in [0.1, 0.15) is 11.6 Å². The van der Waals surface area contributed by atoms with E-state index in [9.17, 15) is 19.1 Å². The Morgan fingerprint density at radius 2 is 1.93 bits per heavy atom. The molecule has 0 aliphatic carbocycles. The molecule has 1 aromatic carbocycles. The summed E-state index contributed by atoms with van der Waals surface area (Å²) in [4.78, 5) is 22.1. The highest BCUT2D eigenvalue weighted by Gasteiger charge is 2.17. The van der Waals surface area contributed by atoms with E-state index in [0.717, 1.165) is 13.2 Å². The molecule has 0 aliphatic heterocycles. The van der Waals surface area contributed by atoms with Crippen LogP contribution in [0.4, 0.5) is 4.39 Å². The van der Waals surface area contributed by atoms with Crippen LogP contribution in [0.15, 0.2) is 12.1 Å². The fourth-order valence-electron chi connectivity index (χ4n) is 1.11. The molecule has 0 radical (unpaired) electrons. The average Bonchev–Trinajstić information content (AvgIpc) is 2.16. The van der Waals surface area contributed by atoms with Crippen LogP contribution in [0.25, 0.3) is 0 Å². The molecular formula is C10H9FO4.